The maximum atomic E-state index is 12.4. The molecule has 1 aromatic rings. The van der Waals surface area contributed by atoms with Gasteiger partial charge in [0.25, 0.3) is 10.0 Å². The summed E-state index contributed by atoms with van der Waals surface area (Å²) in [5.74, 6) is 0.408. The molecule has 112 valence electrons. The minimum atomic E-state index is -3.76. The van der Waals surface area contributed by atoms with E-state index in [0.717, 1.165) is 12.8 Å². The summed E-state index contributed by atoms with van der Waals surface area (Å²) >= 11 is 0. The van der Waals surface area contributed by atoms with Crippen molar-refractivity contribution in [2.75, 3.05) is 0 Å². The van der Waals surface area contributed by atoms with Gasteiger partial charge in [0.2, 0.25) is 0 Å². The number of hydrogen-bond acceptors (Lipinski definition) is 4. The van der Waals surface area contributed by atoms with E-state index in [9.17, 15) is 8.42 Å². The number of imidazole rings is 1. The van der Waals surface area contributed by atoms with Gasteiger partial charge < -0.3 is 10.3 Å². The van der Waals surface area contributed by atoms with Crippen LogP contribution < -0.4 is 10.5 Å². The number of amidine groups is 1. The van der Waals surface area contributed by atoms with Gasteiger partial charge in [0.1, 0.15) is 5.84 Å². The van der Waals surface area contributed by atoms with Crippen LogP contribution in [0.3, 0.4) is 0 Å². The number of aryl methyl sites for hydroxylation is 1. The monoisotopic (exact) mass is 299 g/mol. The quantitative estimate of drug-likeness (QED) is 0.557. The number of nitrogens with two attached hydrogens (primary N) is 1. The van der Waals surface area contributed by atoms with Crippen molar-refractivity contribution in [2.24, 2.45) is 18.7 Å². The van der Waals surface area contributed by atoms with E-state index in [0.29, 0.717) is 18.8 Å². The van der Waals surface area contributed by atoms with Crippen LogP contribution in [0.2, 0.25) is 0 Å². The molecule has 20 heavy (non-hydrogen) atoms. The van der Waals surface area contributed by atoms with Gasteiger partial charge in [-0.15, -0.1) is 0 Å². The van der Waals surface area contributed by atoms with Crippen LogP contribution in [0.1, 0.15) is 32.6 Å². The van der Waals surface area contributed by atoms with Crippen molar-refractivity contribution in [2.45, 2.75) is 43.2 Å². The van der Waals surface area contributed by atoms with Crippen LogP contribution in [-0.4, -0.2) is 29.3 Å². The zero-order chi connectivity index (χ0) is 15.0. The van der Waals surface area contributed by atoms with E-state index in [-0.39, 0.29) is 10.9 Å². The van der Waals surface area contributed by atoms with Crippen LogP contribution in [0.5, 0.6) is 0 Å². The Balaban J connectivity index is 2.27. The molecule has 0 amide bonds. The molecule has 4 N–H and O–H groups in total. The van der Waals surface area contributed by atoms with E-state index in [2.05, 4.69) is 16.6 Å². The molecule has 0 radical (unpaired) electrons. The maximum Gasteiger partial charge on any atom is 0.260 e. The molecule has 0 bridgehead atoms. The Labute approximate surface area is 119 Å². The second-order valence-corrected chi connectivity index (χ2v) is 7.29. The molecule has 0 aliphatic heterocycles. The Morgan fingerprint density at radius 2 is 2.15 bits per heavy atom. The molecule has 1 aliphatic carbocycles. The lowest BCUT2D eigenvalue weighted by Crippen LogP contribution is -2.58. The normalized spacial score (nSPS) is 27.4. The number of hydrogen-bond donors (Lipinski definition) is 3. The summed E-state index contributed by atoms with van der Waals surface area (Å²) in [6.07, 6.45) is 5.67. The molecule has 1 saturated carbocycles. The van der Waals surface area contributed by atoms with E-state index < -0.39 is 15.6 Å². The summed E-state index contributed by atoms with van der Waals surface area (Å²) in [6.45, 7) is 2.12. The van der Waals surface area contributed by atoms with E-state index in [1.807, 2.05) is 0 Å². The first-order chi connectivity index (χ1) is 9.25. The predicted molar refractivity (Wildman–Crippen MR) is 75.8 cm³/mol. The van der Waals surface area contributed by atoms with E-state index in [4.69, 9.17) is 11.1 Å². The van der Waals surface area contributed by atoms with Crippen LogP contribution in [-0.2, 0) is 17.1 Å². The second kappa shape index (κ2) is 5.17. The van der Waals surface area contributed by atoms with Crippen LogP contribution >= 0.6 is 0 Å². The van der Waals surface area contributed by atoms with Gasteiger partial charge in [-0.05, 0) is 31.6 Å². The summed E-state index contributed by atoms with van der Waals surface area (Å²) in [6, 6.07) is 0. The van der Waals surface area contributed by atoms with Crippen LogP contribution in [0.25, 0.3) is 0 Å². The molecule has 0 unspecified atom stereocenters. The fourth-order valence-electron chi connectivity index (χ4n) is 2.52. The highest BCUT2D eigenvalue weighted by atomic mass is 32.2. The summed E-state index contributed by atoms with van der Waals surface area (Å²) < 4.78 is 28.9. The number of nitrogens with one attached hydrogen (secondary N) is 2. The van der Waals surface area contributed by atoms with Crippen LogP contribution in [0, 0.1) is 11.3 Å². The molecule has 0 atom stereocenters. The lowest BCUT2D eigenvalue weighted by Gasteiger charge is -2.38. The Morgan fingerprint density at radius 1 is 1.55 bits per heavy atom. The van der Waals surface area contributed by atoms with Gasteiger partial charge in [-0.25, -0.2) is 13.4 Å². The van der Waals surface area contributed by atoms with Crippen LogP contribution in [0.4, 0.5) is 0 Å². The largest absolute Gasteiger partial charge is 0.386 e. The van der Waals surface area contributed by atoms with Gasteiger partial charge in [0.05, 0.1) is 11.9 Å². The lowest BCUT2D eigenvalue weighted by atomic mass is 9.77. The van der Waals surface area contributed by atoms with Crippen LogP contribution in [0.15, 0.2) is 17.6 Å². The van der Waals surface area contributed by atoms with Crippen molar-refractivity contribution in [1.82, 2.24) is 14.3 Å². The average molecular weight is 299 g/mol. The standard InChI is InChI=1S/C12H21N5O2S/c1-9-3-5-12(6-4-9,11(13)14)16-20(18,19)10-7-17(2)8-15-10/h7-9,16H,3-6H2,1-2H3,(H3,13,14). The number of rotatable bonds is 4. The highest BCUT2D eigenvalue weighted by molar-refractivity contribution is 7.89. The van der Waals surface area contributed by atoms with Gasteiger partial charge in [-0.2, -0.15) is 4.72 Å². The van der Waals surface area contributed by atoms with Crippen molar-refractivity contribution >= 4 is 15.9 Å². The fourth-order valence-corrected chi connectivity index (χ4v) is 3.94. The predicted octanol–water partition coefficient (Wildman–Crippen LogP) is 0.583. The number of sulfonamides is 1. The molecule has 0 spiro atoms. The van der Waals surface area contributed by atoms with Crippen molar-refractivity contribution in [3.8, 4) is 0 Å². The first kappa shape index (κ1) is 15.0. The first-order valence-electron chi connectivity index (χ1n) is 6.62. The van der Waals surface area contributed by atoms with Gasteiger partial charge in [-0.1, -0.05) is 6.92 Å². The van der Waals surface area contributed by atoms with Crippen molar-refractivity contribution in [3.05, 3.63) is 12.5 Å². The highest BCUT2D eigenvalue weighted by Crippen LogP contribution is 2.33. The number of nitrogens with zero attached hydrogens (tertiary/aromatic N) is 2. The summed E-state index contributed by atoms with van der Waals surface area (Å²) in [5, 5.41) is 7.73. The first-order valence-corrected chi connectivity index (χ1v) is 8.10. The molecular weight excluding hydrogens is 278 g/mol. The van der Waals surface area contributed by atoms with E-state index in [1.54, 1.807) is 11.6 Å². The topological polar surface area (TPSA) is 114 Å². The SMILES string of the molecule is CC1CCC(NS(=O)(=O)c2cn(C)cn2)(C(=N)N)CC1. The Bertz CT molecular complexity index is 599. The minimum absolute atomic E-state index is 0.0424. The number of aromatic nitrogens is 2. The molecular formula is C12H21N5O2S. The zero-order valence-corrected chi connectivity index (χ0v) is 12.6. The molecule has 0 aromatic carbocycles. The van der Waals surface area contributed by atoms with Crippen molar-refractivity contribution < 1.29 is 8.42 Å². The van der Waals surface area contributed by atoms with E-state index in [1.165, 1.54) is 12.5 Å². The third kappa shape index (κ3) is 2.85. The summed E-state index contributed by atoms with van der Waals surface area (Å²) in [7, 11) is -2.06. The minimum Gasteiger partial charge on any atom is -0.386 e. The molecule has 1 aromatic heterocycles. The van der Waals surface area contributed by atoms with Crippen molar-refractivity contribution in [1.29, 1.82) is 5.41 Å². The third-order valence-electron chi connectivity index (χ3n) is 3.93. The summed E-state index contributed by atoms with van der Waals surface area (Å²) in [5.41, 5.74) is 4.70. The highest BCUT2D eigenvalue weighted by Gasteiger charge is 2.41. The Hall–Kier alpha value is -1.41. The lowest BCUT2D eigenvalue weighted by molar-refractivity contribution is 0.285. The average Bonchev–Trinajstić information content (AvgIpc) is 2.79. The van der Waals surface area contributed by atoms with Gasteiger partial charge in [-0.3, -0.25) is 5.41 Å². The molecule has 1 heterocycles. The molecule has 1 fully saturated rings. The maximum absolute atomic E-state index is 12.4. The van der Waals surface area contributed by atoms with Gasteiger partial charge >= 0.3 is 0 Å². The molecule has 1 aliphatic rings. The molecule has 7 nitrogen and oxygen atoms in total. The van der Waals surface area contributed by atoms with Gasteiger partial charge in [0, 0.05) is 13.2 Å². The third-order valence-corrected chi connectivity index (χ3v) is 5.35. The second-order valence-electron chi connectivity index (χ2n) is 5.66. The van der Waals surface area contributed by atoms with Crippen molar-refractivity contribution in [3.63, 3.8) is 0 Å². The van der Waals surface area contributed by atoms with E-state index >= 15 is 0 Å². The Kier molecular flexibility index (Phi) is 3.88. The fraction of sp³-hybridized carbons (Fsp3) is 0.667. The zero-order valence-electron chi connectivity index (χ0n) is 11.8. The smallest absolute Gasteiger partial charge is 0.260 e. The Morgan fingerprint density at radius 3 is 2.60 bits per heavy atom. The molecule has 0 saturated heterocycles. The van der Waals surface area contributed by atoms with Gasteiger partial charge in [0.15, 0.2) is 5.03 Å². The molecule has 8 heteroatoms. The summed E-state index contributed by atoms with van der Waals surface area (Å²) in [4.78, 5) is 3.86. The molecule has 2 rings (SSSR count).